The van der Waals surface area contributed by atoms with Gasteiger partial charge in [0.15, 0.2) is 5.82 Å². The molecule has 1 aliphatic heterocycles. The molecule has 6 nitrogen and oxygen atoms in total. The maximum absolute atomic E-state index is 12.6. The van der Waals surface area contributed by atoms with Crippen molar-refractivity contribution in [2.24, 2.45) is 0 Å². The van der Waals surface area contributed by atoms with Gasteiger partial charge < -0.3 is 9.88 Å². The Morgan fingerprint density at radius 1 is 1.24 bits per heavy atom. The first-order valence-electron chi connectivity index (χ1n) is 8.10. The van der Waals surface area contributed by atoms with Gasteiger partial charge in [-0.25, -0.2) is 4.98 Å². The van der Waals surface area contributed by atoms with Crippen LogP contribution in [0.2, 0.25) is 0 Å². The van der Waals surface area contributed by atoms with Gasteiger partial charge >= 0.3 is 6.18 Å². The normalized spacial score (nSPS) is 14.7. The number of nitrogens with zero attached hydrogens (tertiary/aromatic N) is 4. The van der Waals surface area contributed by atoms with Gasteiger partial charge in [-0.15, -0.1) is 10.2 Å². The molecule has 1 N–H and O–H groups in total. The van der Waals surface area contributed by atoms with Crippen LogP contribution in [0.4, 0.5) is 13.2 Å². The molecule has 1 aliphatic rings. The van der Waals surface area contributed by atoms with Crippen LogP contribution in [0, 0.1) is 6.92 Å². The molecule has 2 aromatic rings. The van der Waals surface area contributed by atoms with Gasteiger partial charge in [0, 0.05) is 13.0 Å². The van der Waals surface area contributed by atoms with E-state index in [4.69, 9.17) is 0 Å². The molecule has 3 heterocycles. The number of nitrogens with one attached hydrogen (secondary N) is 1. The molecule has 3 rings (SSSR count). The second kappa shape index (κ2) is 6.81. The molecule has 0 atom stereocenters. The average molecular weight is 353 g/mol. The van der Waals surface area contributed by atoms with Crippen LogP contribution in [0.1, 0.15) is 52.7 Å². The van der Waals surface area contributed by atoms with Gasteiger partial charge in [-0.1, -0.05) is 6.42 Å². The lowest BCUT2D eigenvalue weighted by molar-refractivity contribution is -0.141. The van der Waals surface area contributed by atoms with Crippen molar-refractivity contribution in [3.05, 3.63) is 40.7 Å². The second-order valence-corrected chi connectivity index (χ2v) is 6.00. The summed E-state index contributed by atoms with van der Waals surface area (Å²) in [6, 6.07) is 1.95. The van der Waals surface area contributed by atoms with E-state index >= 15 is 0 Å². The van der Waals surface area contributed by atoms with Gasteiger partial charge in [0.1, 0.15) is 11.5 Å². The summed E-state index contributed by atoms with van der Waals surface area (Å²) in [6.07, 6.45) is -0.428. The molecule has 134 valence electrons. The Morgan fingerprint density at radius 3 is 2.76 bits per heavy atom. The van der Waals surface area contributed by atoms with Crippen molar-refractivity contribution in [1.82, 2.24) is 25.1 Å². The summed E-state index contributed by atoms with van der Waals surface area (Å²) < 4.78 is 39.9. The monoisotopic (exact) mass is 353 g/mol. The fraction of sp³-hybridized carbons (Fsp3) is 0.500. The highest BCUT2D eigenvalue weighted by Gasteiger charge is 2.33. The Balaban J connectivity index is 1.70. The van der Waals surface area contributed by atoms with E-state index in [1.165, 1.54) is 6.92 Å². The second-order valence-electron chi connectivity index (χ2n) is 6.00. The third kappa shape index (κ3) is 3.80. The number of halogens is 3. The third-order valence-corrected chi connectivity index (χ3v) is 4.21. The summed E-state index contributed by atoms with van der Waals surface area (Å²) >= 11 is 0. The fourth-order valence-electron chi connectivity index (χ4n) is 2.89. The van der Waals surface area contributed by atoms with Crippen LogP contribution >= 0.6 is 0 Å². The standard InChI is InChI=1S/C16H18F3N5O/c1-10-11(6-7-12(21-10)16(17,18)19)15(25)20-9-14-23-22-13-5-3-2-4-8-24(13)14/h6-7H,2-5,8-9H2,1H3,(H,20,25). The maximum atomic E-state index is 12.6. The van der Waals surface area contributed by atoms with E-state index in [9.17, 15) is 18.0 Å². The maximum Gasteiger partial charge on any atom is 0.433 e. The van der Waals surface area contributed by atoms with Crippen LogP contribution in [0.15, 0.2) is 12.1 Å². The Bertz CT molecular complexity index is 785. The molecule has 25 heavy (non-hydrogen) atoms. The van der Waals surface area contributed by atoms with Gasteiger partial charge in [0.05, 0.1) is 17.8 Å². The van der Waals surface area contributed by atoms with Crippen LogP contribution < -0.4 is 5.32 Å². The summed E-state index contributed by atoms with van der Waals surface area (Å²) in [4.78, 5) is 15.7. The van der Waals surface area contributed by atoms with E-state index < -0.39 is 17.8 Å². The summed E-state index contributed by atoms with van der Waals surface area (Å²) in [5.74, 6) is 1.08. The minimum absolute atomic E-state index is 0.0346. The first kappa shape index (κ1) is 17.4. The summed E-state index contributed by atoms with van der Waals surface area (Å²) in [5.41, 5.74) is -0.861. The third-order valence-electron chi connectivity index (χ3n) is 4.21. The molecule has 9 heteroatoms. The minimum atomic E-state index is -4.53. The summed E-state index contributed by atoms with van der Waals surface area (Å²) in [5, 5.41) is 10.9. The fourth-order valence-corrected chi connectivity index (χ4v) is 2.89. The van der Waals surface area contributed by atoms with Gasteiger partial charge in [0.25, 0.3) is 5.91 Å². The van der Waals surface area contributed by atoms with Gasteiger partial charge in [-0.05, 0) is 31.9 Å². The highest BCUT2D eigenvalue weighted by Crippen LogP contribution is 2.28. The Morgan fingerprint density at radius 2 is 2.04 bits per heavy atom. The van der Waals surface area contributed by atoms with Gasteiger partial charge in [0.2, 0.25) is 0 Å². The molecular formula is C16H18F3N5O. The predicted molar refractivity (Wildman–Crippen MR) is 82.7 cm³/mol. The first-order valence-corrected chi connectivity index (χ1v) is 8.10. The van der Waals surface area contributed by atoms with E-state index in [-0.39, 0.29) is 17.8 Å². The molecule has 0 aromatic carbocycles. The Labute approximate surface area is 142 Å². The van der Waals surface area contributed by atoms with Crippen molar-refractivity contribution in [2.75, 3.05) is 0 Å². The SMILES string of the molecule is Cc1nc(C(F)(F)F)ccc1C(=O)NCc1nnc2n1CCCCC2. The van der Waals surface area contributed by atoms with E-state index in [0.29, 0.717) is 5.82 Å². The topological polar surface area (TPSA) is 72.7 Å². The summed E-state index contributed by atoms with van der Waals surface area (Å²) in [7, 11) is 0. The number of aryl methyl sites for hydroxylation is 2. The quantitative estimate of drug-likeness (QED) is 0.921. The van der Waals surface area contributed by atoms with E-state index in [0.717, 1.165) is 50.2 Å². The van der Waals surface area contributed by atoms with Crippen LogP contribution in [-0.4, -0.2) is 25.7 Å². The number of rotatable bonds is 3. The Kier molecular flexibility index (Phi) is 4.73. The number of alkyl halides is 3. The van der Waals surface area contributed by atoms with Crippen molar-refractivity contribution in [3.8, 4) is 0 Å². The molecule has 0 bridgehead atoms. The molecule has 2 aromatic heterocycles. The molecule has 0 radical (unpaired) electrons. The van der Waals surface area contributed by atoms with Crippen LogP contribution in [0.3, 0.4) is 0 Å². The smallest absolute Gasteiger partial charge is 0.345 e. The predicted octanol–water partition coefficient (Wildman–Crippen LogP) is 2.66. The lowest BCUT2D eigenvalue weighted by Gasteiger charge is -2.11. The lowest BCUT2D eigenvalue weighted by Crippen LogP contribution is -2.26. The van der Waals surface area contributed by atoms with Crippen LogP contribution in [0.5, 0.6) is 0 Å². The zero-order chi connectivity index (χ0) is 18.0. The highest BCUT2D eigenvalue weighted by atomic mass is 19.4. The lowest BCUT2D eigenvalue weighted by atomic mass is 10.1. The summed E-state index contributed by atoms with van der Waals surface area (Å²) in [6.45, 7) is 2.37. The minimum Gasteiger partial charge on any atom is -0.345 e. The van der Waals surface area contributed by atoms with Gasteiger partial charge in [-0.2, -0.15) is 13.2 Å². The van der Waals surface area contributed by atoms with E-state index in [1.807, 2.05) is 4.57 Å². The van der Waals surface area contributed by atoms with Crippen LogP contribution in [0.25, 0.3) is 0 Å². The Hall–Kier alpha value is -2.45. The van der Waals surface area contributed by atoms with Crippen molar-refractivity contribution >= 4 is 5.91 Å². The number of carbonyl (C=O) groups is 1. The van der Waals surface area contributed by atoms with Crippen LogP contribution in [-0.2, 0) is 25.7 Å². The molecule has 0 saturated carbocycles. The van der Waals surface area contributed by atoms with Gasteiger partial charge in [-0.3, -0.25) is 4.79 Å². The van der Waals surface area contributed by atoms with Crippen molar-refractivity contribution in [1.29, 1.82) is 0 Å². The molecule has 1 amide bonds. The van der Waals surface area contributed by atoms with Crippen molar-refractivity contribution in [2.45, 2.75) is 51.9 Å². The molecule has 0 saturated heterocycles. The molecule has 0 fully saturated rings. The van der Waals surface area contributed by atoms with Crippen molar-refractivity contribution < 1.29 is 18.0 Å². The van der Waals surface area contributed by atoms with E-state index in [1.54, 1.807) is 0 Å². The zero-order valence-corrected chi connectivity index (χ0v) is 13.7. The highest BCUT2D eigenvalue weighted by molar-refractivity contribution is 5.95. The van der Waals surface area contributed by atoms with Crippen molar-refractivity contribution in [3.63, 3.8) is 0 Å². The number of aromatic nitrogens is 4. The molecule has 0 spiro atoms. The van der Waals surface area contributed by atoms with E-state index in [2.05, 4.69) is 20.5 Å². The largest absolute Gasteiger partial charge is 0.433 e. The number of hydrogen-bond donors (Lipinski definition) is 1. The molecular weight excluding hydrogens is 335 g/mol. The molecule has 0 aliphatic carbocycles. The number of fused-ring (bicyclic) bond motifs is 1. The number of hydrogen-bond acceptors (Lipinski definition) is 4. The number of carbonyl (C=O) groups excluding carboxylic acids is 1. The molecule has 0 unspecified atom stereocenters. The number of pyridine rings is 1. The average Bonchev–Trinajstić information content (AvgIpc) is 2.78. The number of amides is 1. The first-order chi connectivity index (χ1) is 11.9. The zero-order valence-electron chi connectivity index (χ0n) is 13.7.